The highest BCUT2D eigenvalue weighted by Crippen LogP contribution is 2.25. The second-order valence-electron chi connectivity index (χ2n) is 8.26. The Bertz CT molecular complexity index is 1110. The Labute approximate surface area is 225 Å². The number of carbonyl (C=O) groups is 5. The normalized spacial score (nSPS) is 11.0. The summed E-state index contributed by atoms with van der Waals surface area (Å²) in [4.78, 5) is 80.6. The molecule has 0 amide bonds. The van der Waals surface area contributed by atoms with Crippen molar-refractivity contribution in [1.82, 2.24) is 14.7 Å². The minimum Gasteiger partial charge on any atom is -0.480 e. The number of non-ortho nitro benzene ring substituents is 1. The molecule has 0 heterocycles. The molecular weight excluding hydrogens is 546 g/mol. The number of rotatable bonds is 20. The van der Waals surface area contributed by atoms with E-state index in [-0.39, 0.29) is 31.7 Å². The summed E-state index contributed by atoms with van der Waals surface area (Å²) in [6, 6.07) is 2.73. The first-order valence-electron chi connectivity index (χ1n) is 11.3. The quantitative estimate of drug-likeness (QED) is 0.0809. The van der Waals surface area contributed by atoms with Crippen molar-refractivity contribution in [1.29, 1.82) is 0 Å². The van der Waals surface area contributed by atoms with E-state index in [1.54, 1.807) is 0 Å². The van der Waals surface area contributed by atoms with Crippen molar-refractivity contribution in [2.24, 2.45) is 0 Å². The summed E-state index contributed by atoms with van der Waals surface area (Å²) >= 11 is 0. The minimum atomic E-state index is -1.34. The number of carbonyl (C=O) groups excluding carboxylic acids is 1. The van der Waals surface area contributed by atoms with Crippen molar-refractivity contribution in [3.05, 3.63) is 44.0 Å². The highest BCUT2D eigenvalue weighted by atomic mass is 16.6. The number of hydrogen-bond acceptors (Lipinski definition) is 13. The number of nitro groups is 2. The lowest BCUT2D eigenvalue weighted by Crippen LogP contribution is -2.45. The number of aliphatic carboxylic acids is 4. The van der Waals surface area contributed by atoms with Crippen molar-refractivity contribution in [2.75, 3.05) is 58.9 Å². The summed E-state index contributed by atoms with van der Waals surface area (Å²) in [6.07, 6.45) is 0. The van der Waals surface area contributed by atoms with Crippen LogP contribution >= 0.6 is 0 Å². The lowest BCUT2D eigenvalue weighted by Gasteiger charge is -2.27. The Hall–Kier alpha value is -4.75. The number of esters is 1. The molecule has 220 valence electrons. The molecule has 0 fully saturated rings. The fourth-order valence-corrected chi connectivity index (χ4v) is 3.37. The lowest BCUT2D eigenvalue weighted by atomic mass is 10.1. The van der Waals surface area contributed by atoms with Gasteiger partial charge in [0.2, 0.25) is 0 Å². The van der Waals surface area contributed by atoms with Gasteiger partial charge in [-0.25, -0.2) is 0 Å². The maximum absolute atomic E-state index is 12.3. The van der Waals surface area contributed by atoms with E-state index in [4.69, 9.17) is 14.9 Å². The summed E-state index contributed by atoms with van der Waals surface area (Å²) in [5.74, 6) is -6.19. The first kappa shape index (κ1) is 33.3. The van der Waals surface area contributed by atoms with Crippen molar-refractivity contribution in [3.8, 4) is 0 Å². The Balaban J connectivity index is 2.85. The fraction of sp³-hybridized carbons (Fsp3) is 0.476. The molecule has 0 aliphatic carbocycles. The Morgan fingerprint density at radius 3 is 1.52 bits per heavy atom. The van der Waals surface area contributed by atoms with Gasteiger partial charge in [-0.15, -0.1) is 0 Å². The van der Waals surface area contributed by atoms with Crippen LogP contribution in [0.2, 0.25) is 0 Å². The average Bonchev–Trinajstić information content (AvgIpc) is 2.82. The third-order valence-electron chi connectivity index (χ3n) is 5.12. The van der Waals surface area contributed by atoms with Crippen LogP contribution in [-0.2, 0) is 35.3 Å². The number of carboxylic acid groups (broad SMARTS) is 4. The first-order valence-corrected chi connectivity index (χ1v) is 11.3. The SMILES string of the molecule is O=C(O)CN(CCN(CC(=O)O)CC(=O)O)CCN(CC(=O)O)CC(=O)OCc1ccc([N+](=O)[O-])cc1[N+](=O)[O-]. The molecule has 0 aromatic heterocycles. The van der Waals surface area contributed by atoms with Crippen LogP contribution in [0.5, 0.6) is 0 Å². The van der Waals surface area contributed by atoms with Crippen molar-refractivity contribution < 1.29 is 59.0 Å². The van der Waals surface area contributed by atoms with Gasteiger partial charge in [-0.1, -0.05) is 0 Å². The Morgan fingerprint density at radius 1 is 0.675 bits per heavy atom. The van der Waals surface area contributed by atoms with E-state index in [0.29, 0.717) is 6.07 Å². The number of nitro benzene ring substituents is 2. The first-order chi connectivity index (χ1) is 18.7. The van der Waals surface area contributed by atoms with E-state index in [1.165, 1.54) is 4.90 Å². The third kappa shape index (κ3) is 13.2. The van der Waals surface area contributed by atoms with E-state index in [1.807, 2.05) is 0 Å². The summed E-state index contributed by atoms with van der Waals surface area (Å²) in [5, 5.41) is 58.3. The third-order valence-corrected chi connectivity index (χ3v) is 5.12. The highest BCUT2D eigenvalue weighted by molar-refractivity contribution is 5.74. The Kier molecular flexibility index (Phi) is 13.5. The zero-order valence-electron chi connectivity index (χ0n) is 20.9. The van der Waals surface area contributed by atoms with Crippen LogP contribution in [0, 0.1) is 20.2 Å². The molecule has 4 N–H and O–H groups in total. The number of carboxylic acids is 4. The molecule has 1 rings (SSSR count). The molecule has 0 bridgehead atoms. The molecule has 19 nitrogen and oxygen atoms in total. The van der Waals surface area contributed by atoms with Crippen molar-refractivity contribution in [3.63, 3.8) is 0 Å². The number of hydrogen-bond donors (Lipinski definition) is 4. The van der Waals surface area contributed by atoms with Crippen LogP contribution in [0.15, 0.2) is 18.2 Å². The standard InChI is InChI=1S/C21H27N5O14/c27-17(28)8-22(3-5-23(9-18(29)30)10-19(31)32)4-6-24(11-20(33)34)12-21(35)40-13-14-1-2-15(25(36)37)7-16(14)26(38)39/h1-2,7H,3-6,8-13H2,(H,27,28)(H,29,30)(H,31,32)(H,33,34). The predicted molar refractivity (Wildman–Crippen MR) is 129 cm³/mol. The molecule has 0 atom stereocenters. The number of ether oxygens (including phenoxy) is 1. The van der Waals surface area contributed by atoms with Gasteiger partial charge in [0.15, 0.2) is 0 Å². The molecular formula is C21H27N5O14. The van der Waals surface area contributed by atoms with Crippen molar-refractivity contribution in [2.45, 2.75) is 6.61 Å². The van der Waals surface area contributed by atoms with E-state index in [2.05, 4.69) is 0 Å². The summed E-state index contributed by atoms with van der Waals surface area (Å²) in [5.41, 5.74) is -1.35. The van der Waals surface area contributed by atoms with Gasteiger partial charge in [-0.2, -0.15) is 0 Å². The van der Waals surface area contributed by atoms with E-state index >= 15 is 0 Å². The number of nitrogens with zero attached hydrogens (tertiary/aromatic N) is 5. The molecule has 0 radical (unpaired) electrons. The van der Waals surface area contributed by atoms with Gasteiger partial charge < -0.3 is 25.2 Å². The average molecular weight is 573 g/mol. The molecule has 0 unspecified atom stereocenters. The van der Waals surface area contributed by atoms with Gasteiger partial charge in [0.05, 0.1) is 54.2 Å². The van der Waals surface area contributed by atoms with Crippen LogP contribution in [0.4, 0.5) is 11.4 Å². The molecule has 0 saturated carbocycles. The summed E-state index contributed by atoms with van der Waals surface area (Å²) in [7, 11) is 0. The van der Waals surface area contributed by atoms with Crippen LogP contribution in [0.3, 0.4) is 0 Å². The smallest absolute Gasteiger partial charge is 0.320 e. The lowest BCUT2D eigenvalue weighted by molar-refractivity contribution is -0.394. The maximum Gasteiger partial charge on any atom is 0.320 e. The van der Waals surface area contributed by atoms with Crippen LogP contribution in [0.25, 0.3) is 0 Å². The molecule has 1 aromatic rings. The van der Waals surface area contributed by atoms with Crippen molar-refractivity contribution >= 4 is 41.2 Å². The van der Waals surface area contributed by atoms with Gasteiger partial charge in [0.25, 0.3) is 11.4 Å². The molecule has 19 heteroatoms. The van der Waals surface area contributed by atoms with Crippen LogP contribution in [0.1, 0.15) is 5.56 Å². The van der Waals surface area contributed by atoms with E-state index < -0.39 is 90.4 Å². The molecule has 1 aromatic carbocycles. The van der Waals surface area contributed by atoms with Crippen LogP contribution < -0.4 is 0 Å². The van der Waals surface area contributed by atoms with Gasteiger partial charge >= 0.3 is 29.8 Å². The second-order valence-corrected chi connectivity index (χ2v) is 8.26. The van der Waals surface area contributed by atoms with E-state index in [0.717, 1.165) is 21.9 Å². The largest absolute Gasteiger partial charge is 0.480 e. The predicted octanol–water partition coefficient (Wildman–Crippen LogP) is -1.21. The monoisotopic (exact) mass is 573 g/mol. The molecule has 0 saturated heterocycles. The minimum absolute atomic E-state index is 0.0952. The molecule has 0 aliphatic rings. The summed E-state index contributed by atoms with van der Waals surface area (Å²) in [6.45, 7) is -4.22. The topological polar surface area (TPSA) is 271 Å². The number of benzene rings is 1. The van der Waals surface area contributed by atoms with Gasteiger partial charge in [-0.05, 0) is 6.07 Å². The van der Waals surface area contributed by atoms with Gasteiger partial charge in [-0.3, -0.25) is 58.9 Å². The second kappa shape index (κ2) is 16.3. The van der Waals surface area contributed by atoms with E-state index in [9.17, 15) is 54.4 Å². The molecule has 0 aliphatic heterocycles. The highest BCUT2D eigenvalue weighted by Gasteiger charge is 2.23. The van der Waals surface area contributed by atoms with Crippen LogP contribution in [-0.4, -0.2) is 134 Å². The zero-order valence-corrected chi connectivity index (χ0v) is 20.9. The molecule has 40 heavy (non-hydrogen) atoms. The fourth-order valence-electron chi connectivity index (χ4n) is 3.37. The maximum atomic E-state index is 12.3. The zero-order chi connectivity index (χ0) is 30.4. The van der Waals surface area contributed by atoms with Gasteiger partial charge in [0.1, 0.15) is 6.61 Å². The molecule has 0 spiro atoms. The van der Waals surface area contributed by atoms with Gasteiger partial charge in [0, 0.05) is 32.2 Å². The summed E-state index contributed by atoms with van der Waals surface area (Å²) < 4.78 is 4.98. The Morgan fingerprint density at radius 2 is 1.10 bits per heavy atom.